The average molecular weight is 383 g/mol. The van der Waals surface area contributed by atoms with Crippen molar-refractivity contribution in [3.8, 4) is 0 Å². The molecule has 3 aromatic rings. The van der Waals surface area contributed by atoms with Crippen LogP contribution in [0, 0.1) is 11.6 Å². The van der Waals surface area contributed by atoms with Crippen molar-refractivity contribution in [3.63, 3.8) is 0 Å². The summed E-state index contributed by atoms with van der Waals surface area (Å²) in [4.78, 5) is 13.7. The molecule has 0 bridgehead atoms. The first-order valence-electron chi connectivity index (χ1n) is 9.30. The van der Waals surface area contributed by atoms with E-state index in [1.807, 2.05) is 18.2 Å². The molecule has 4 nitrogen and oxygen atoms in total. The number of rotatable bonds is 5. The summed E-state index contributed by atoms with van der Waals surface area (Å²) >= 11 is 0. The van der Waals surface area contributed by atoms with Crippen LogP contribution in [0.25, 0.3) is 0 Å². The van der Waals surface area contributed by atoms with Gasteiger partial charge in [-0.2, -0.15) is 0 Å². The van der Waals surface area contributed by atoms with Gasteiger partial charge in [0.15, 0.2) is 23.4 Å². The number of hydrogen-bond acceptors (Lipinski definition) is 2. The lowest BCUT2D eigenvalue weighted by molar-refractivity contribution is -0.946. The van der Waals surface area contributed by atoms with E-state index in [0.29, 0.717) is 6.54 Å². The van der Waals surface area contributed by atoms with Crippen molar-refractivity contribution >= 4 is 5.91 Å². The molecule has 2 N–H and O–H groups in total. The molecule has 144 valence electrons. The fraction of sp³-hybridized carbons (Fsp3) is 0.227. The molecule has 0 saturated heterocycles. The van der Waals surface area contributed by atoms with Gasteiger partial charge in [-0.3, -0.25) is 4.79 Å². The summed E-state index contributed by atoms with van der Waals surface area (Å²) in [6.45, 7) is 2.09. The third-order valence-corrected chi connectivity index (χ3v) is 5.28. The van der Waals surface area contributed by atoms with Crippen LogP contribution < -0.4 is 10.2 Å². The van der Waals surface area contributed by atoms with Crippen molar-refractivity contribution in [1.82, 2.24) is 5.32 Å². The third-order valence-electron chi connectivity index (χ3n) is 5.28. The minimum absolute atomic E-state index is 0.0717. The number of benzene rings is 2. The second-order valence-electron chi connectivity index (χ2n) is 7.01. The molecule has 0 radical (unpaired) electrons. The van der Waals surface area contributed by atoms with Gasteiger partial charge in [-0.1, -0.05) is 24.3 Å². The highest BCUT2D eigenvalue weighted by atomic mass is 19.2. The van der Waals surface area contributed by atoms with Gasteiger partial charge in [0.25, 0.3) is 5.91 Å². The van der Waals surface area contributed by atoms with Crippen LogP contribution in [-0.2, 0) is 13.0 Å². The molecule has 0 fully saturated rings. The van der Waals surface area contributed by atoms with Crippen LogP contribution in [0.4, 0.5) is 8.78 Å². The number of nitrogens with one attached hydrogen (secondary N) is 2. The Morgan fingerprint density at radius 1 is 1.07 bits per heavy atom. The third kappa shape index (κ3) is 3.82. The summed E-state index contributed by atoms with van der Waals surface area (Å²) in [5.74, 6) is -1.65. The van der Waals surface area contributed by atoms with Gasteiger partial charge in [-0.25, -0.2) is 8.78 Å². The van der Waals surface area contributed by atoms with Gasteiger partial charge in [0.2, 0.25) is 0 Å². The summed E-state index contributed by atoms with van der Waals surface area (Å²) in [6.07, 6.45) is 2.58. The molecule has 2 atom stereocenters. The molecule has 2 heterocycles. The Kier molecular flexibility index (Phi) is 5.21. The average Bonchev–Trinajstić information content (AvgIpc) is 3.24. The van der Waals surface area contributed by atoms with E-state index in [2.05, 4.69) is 23.5 Å². The van der Waals surface area contributed by atoms with Gasteiger partial charge < -0.3 is 14.6 Å². The van der Waals surface area contributed by atoms with Crippen molar-refractivity contribution in [1.29, 1.82) is 0 Å². The van der Waals surface area contributed by atoms with Crippen molar-refractivity contribution in [2.45, 2.75) is 19.0 Å². The number of carbonyl (C=O) groups is 1. The largest absolute Gasteiger partial charge is 0.463 e. The first kappa shape index (κ1) is 18.4. The summed E-state index contributed by atoms with van der Waals surface area (Å²) in [5, 5.41) is 2.85. The predicted molar refractivity (Wildman–Crippen MR) is 99.8 cm³/mol. The van der Waals surface area contributed by atoms with E-state index in [1.54, 1.807) is 6.26 Å². The van der Waals surface area contributed by atoms with Crippen molar-refractivity contribution in [3.05, 3.63) is 94.9 Å². The van der Waals surface area contributed by atoms with Gasteiger partial charge in [0.05, 0.1) is 19.4 Å². The van der Waals surface area contributed by atoms with Crippen LogP contribution in [0.2, 0.25) is 0 Å². The maximum absolute atomic E-state index is 13.4. The molecule has 0 saturated carbocycles. The number of amides is 1. The maximum atomic E-state index is 13.4. The summed E-state index contributed by atoms with van der Waals surface area (Å²) < 4.78 is 32.2. The molecular weight excluding hydrogens is 362 g/mol. The molecule has 2 aromatic carbocycles. The molecule has 1 unspecified atom stereocenters. The topological polar surface area (TPSA) is 46.7 Å². The number of furan rings is 1. The van der Waals surface area contributed by atoms with E-state index in [4.69, 9.17) is 4.42 Å². The van der Waals surface area contributed by atoms with Gasteiger partial charge in [-0.05, 0) is 35.9 Å². The van der Waals surface area contributed by atoms with Crippen molar-refractivity contribution in [2.75, 3.05) is 13.1 Å². The molecule has 1 aliphatic heterocycles. The molecular formula is C22H21F2N2O2+. The van der Waals surface area contributed by atoms with Crippen molar-refractivity contribution in [2.24, 2.45) is 0 Å². The quantitative estimate of drug-likeness (QED) is 0.712. The van der Waals surface area contributed by atoms with E-state index in [-0.39, 0.29) is 11.6 Å². The highest BCUT2D eigenvalue weighted by Gasteiger charge is 2.30. The zero-order valence-electron chi connectivity index (χ0n) is 15.3. The first-order valence-corrected chi connectivity index (χ1v) is 9.30. The van der Waals surface area contributed by atoms with Crippen LogP contribution in [0.5, 0.6) is 0 Å². The van der Waals surface area contributed by atoms with Crippen LogP contribution in [0.1, 0.15) is 33.3 Å². The van der Waals surface area contributed by atoms with Gasteiger partial charge in [0, 0.05) is 17.5 Å². The van der Waals surface area contributed by atoms with E-state index in [1.165, 1.54) is 22.1 Å². The Balaban J connectivity index is 1.50. The lowest BCUT2D eigenvalue weighted by Crippen LogP contribution is -3.12. The Morgan fingerprint density at radius 2 is 1.89 bits per heavy atom. The van der Waals surface area contributed by atoms with Gasteiger partial charge in [0.1, 0.15) is 6.54 Å². The normalized spacial score (nSPS) is 17.0. The number of halogens is 2. The Hall–Kier alpha value is -2.99. The fourth-order valence-corrected chi connectivity index (χ4v) is 3.77. The molecule has 4 rings (SSSR count). The van der Waals surface area contributed by atoms with Crippen LogP contribution in [0.15, 0.2) is 65.3 Å². The predicted octanol–water partition coefficient (Wildman–Crippen LogP) is 2.67. The highest BCUT2D eigenvalue weighted by Crippen LogP contribution is 2.16. The zero-order chi connectivity index (χ0) is 19.5. The molecule has 0 aliphatic carbocycles. The molecule has 1 amide bonds. The summed E-state index contributed by atoms with van der Waals surface area (Å²) in [5.41, 5.74) is 2.75. The lowest BCUT2D eigenvalue weighted by atomic mass is 9.98. The molecule has 6 heteroatoms. The highest BCUT2D eigenvalue weighted by molar-refractivity contribution is 5.94. The minimum Gasteiger partial charge on any atom is -0.463 e. The maximum Gasteiger partial charge on any atom is 0.251 e. The first-order chi connectivity index (χ1) is 13.6. The van der Waals surface area contributed by atoms with Crippen LogP contribution in [-0.4, -0.2) is 19.0 Å². The van der Waals surface area contributed by atoms with Gasteiger partial charge >= 0.3 is 0 Å². The molecule has 1 aromatic heterocycles. The molecule has 1 aliphatic rings. The zero-order valence-corrected chi connectivity index (χ0v) is 15.3. The molecule has 0 spiro atoms. The van der Waals surface area contributed by atoms with E-state index in [9.17, 15) is 13.6 Å². The SMILES string of the molecule is O=C(NC[C@H](c1ccco1)[NH+]1CCc2ccccc2C1)c1ccc(F)c(F)c1. The second kappa shape index (κ2) is 7.94. The number of quaternary nitrogens is 1. The standard InChI is InChI=1S/C22H20F2N2O2/c23-18-8-7-16(12-19(18)24)22(27)25-13-20(21-6-3-11-28-21)26-10-9-15-4-1-2-5-17(15)14-26/h1-8,11-12,20H,9-10,13-14H2,(H,25,27)/p+1/t20-/m1/s1. The number of carbonyl (C=O) groups excluding carboxylic acids is 1. The van der Waals surface area contributed by atoms with Gasteiger partial charge in [-0.15, -0.1) is 0 Å². The van der Waals surface area contributed by atoms with Crippen LogP contribution in [0.3, 0.4) is 0 Å². The smallest absolute Gasteiger partial charge is 0.251 e. The van der Waals surface area contributed by atoms with Crippen molar-refractivity contribution < 1.29 is 22.9 Å². The Labute approximate surface area is 161 Å². The van der Waals surface area contributed by atoms with Crippen LogP contribution >= 0.6 is 0 Å². The minimum atomic E-state index is -1.03. The monoisotopic (exact) mass is 383 g/mol. The second-order valence-corrected chi connectivity index (χ2v) is 7.01. The summed E-state index contributed by atoms with van der Waals surface area (Å²) in [6, 6.07) is 15.2. The lowest BCUT2D eigenvalue weighted by Gasteiger charge is -2.31. The Bertz CT molecular complexity index is 972. The fourth-order valence-electron chi connectivity index (χ4n) is 3.77. The number of fused-ring (bicyclic) bond motifs is 1. The van der Waals surface area contributed by atoms with E-state index in [0.717, 1.165) is 37.4 Å². The summed E-state index contributed by atoms with van der Waals surface area (Å²) in [7, 11) is 0. The molecule has 28 heavy (non-hydrogen) atoms. The van der Waals surface area contributed by atoms with E-state index < -0.39 is 17.5 Å². The number of hydrogen-bond donors (Lipinski definition) is 2. The van der Waals surface area contributed by atoms with E-state index >= 15 is 0 Å². The Morgan fingerprint density at radius 3 is 2.64 bits per heavy atom.